The smallest absolute Gasteiger partial charge is 0.236 e. The maximum absolute atomic E-state index is 12.0. The first-order valence-corrected chi connectivity index (χ1v) is 6.54. The third-order valence-electron chi connectivity index (χ3n) is 3.71. The minimum Gasteiger partial charge on any atom is -0.345 e. The number of likely N-dealkylation sites (N-methyl/N-ethyl adjacent to an activating group) is 1. The maximum Gasteiger partial charge on any atom is 0.236 e. The van der Waals surface area contributed by atoms with Crippen LogP contribution < -0.4 is 0 Å². The lowest BCUT2D eigenvalue weighted by atomic mass is 9.81. The van der Waals surface area contributed by atoms with Crippen molar-refractivity contribution in [2.75, 3.05) is 20.1 Å². The molecule has 1 saturated heterocycles. The van der Waals surface area contributed by atoms with E-state index in [1.165, 1.54) is 0 Å². The van der Waals surface area contributed by atoms with Gasteiger partial charge < -0.3 is 4.90 Å². The molecular formula is C14H28N2O. The maximum atomic E-state index is 12.0. The zero-order chi connectivity index (χ0) is 13.4. The Morgan fingerprint density at radius 3 is 2.06 bits per heavy atom. The topological polar surface area (TPSA) is 23.6 Å². The molecule has 1 amide bonds. The lowest BCUT2D eigenvalue weighted by Crippen LogP contribution is -2.54. The van der Waals surface area contributed by atoms with Gasteiger partial charge >= 0.3 is 0 Å². The summed E-state index contributed by atoms with van der Waals surface area (Å²) in [7, 11) is 1.91. The highest BCUT2D eigenvalue weighted by Crippen LogP contribution is 2.33. The molecule has 1 heterocycles. The highest BCUT2D eigenvalue weighted by molar-refractivity contribution is 5.78. The molecule has 0 spiro atoms. The molecule has 1 aliphatic heterocycles. The summed E-state index contributed by atoms with van der Waals surface area (Å²) in [5.74, 6) is 0.242. The van der Waals surface area contributed by atoms with Crippen LogP contribution in [0.5, 0.6) is 0 Å². The Morgan fingerprint density at radius 2 is 1.65 bits per heavy atom. The molecule has 0 aromatic rings. The average molecular weight is 240 g/mol. The summed E-state index contributed by atoms with van der Waals surface area (Å²) >= 11 is 0. The van der Waals surface area contributed by atoms with Gasteiger partial charge in [0.2, 0.25) is 5.91 Å². The molecule has 0 aromatic carbocycles. The lowest BCUT2D eigenvalue weighted by molar-refractivity contribution is -0.131. The van der Waals surface area contributed by atoms with Crippen molar-refractivity contribution in [3.8, 4) is 0 Å². The summed E-state index contributed by atoms with van der Waals surface area (Å²) in [5.41, 5.74) is 0.248. The molecule has 3 heteroatoms. The van der Waals surface area contributed by atoms with Gasteiger partial charge in [0.15, 0.2) is 0 Å². The van der Waals surface area contributed by atoms with Crippen LogP contribution in [-0.2, 0) is 4.79 Å². The number of amides is 1. The van der Waals surface area contributed by atoms with Crippen molar-refractivity contribution >= 4 is 5.91 Å². The Bertz CT molecular complexity index is 286. The second-order valence-electron chi connectivity index (χ2n) is 7.28. The Morgan fingerprint density at radius 1 is 1.12 bits per heavy atom. The number of hydrogen-bond donors (Lipinski definition) is 0. The lowest BCUT2D eigenvalue weighted by Gasteiger charge is -2.45. The summed E-state index contributed by atoms with van der Waals surface area (Å²) in [6, 6.07) is 0.455. The van der Waals surface area contributed by atoms with Gasteiger partial charge in [-0.15, -0.1) is 0 Å². The summed E-state index contributed by atoms with van der Waals surface area (Å²) in [6.45, 7) is 14.8. The van der Waals surface area contributed by atoms with E-state index in [9.17, 15) is 4.79 Å². The zero-order valence-corrected chi connectivity index (χ0v) is 12.5. The van der Waals surface area contributed by atoms with E-state index in [4.69, 9.17) is 0 Å². The number of hydrogen-bond acceptors (Lipinski definition) is 2. The fourth-order valence-corrected chi connectivity index (χ4v) is 2.58. The first kappa shape index (κ1) is 14.5. The van der Waals surface area contributed by atoms with Crippen molar-refractivity contribution in [2.24, 2.45) is 5.41 Å². The second-order valence-corrected chi connectivity index (χ2v) is 7.28. The van der Waals surface area contributed by atoms with Gasteiger partial charge in [0.25, 0.3) is 0 Å². The number of carbonyl (C=O) groups is 1. The van der Waals surface area contributed by atoms with Crippen LogP contribution in [0.3, 0.4) is 0 Å². The molecular weight excluding hydrogens is 212 g/mol. The van der Waals surface area contributed by atoms with Gasteiger partial charge in [-0.25, -0.2) is 0 Å². The van der Waals surface area contributed by atoms with E-state index in [1.54, 1.807) is 0 Å². The molecule has 1 aliphatic rings. The van der Waals surface area contributed by atoms with Crippen molar-refractivity contribution in [1.82, 2.24) is 9.80 Å². The van der Waals surface area contributed by atoms with E-state index in [-0.39, 0.29) is 16.9 Å². The molecule has 3 nitrogen and oxygen atoms in total. The quantitative estimate of drug-likeness (QED) is 0.649. The van der Waals surface area contributed by atoms with Gasteiger partial charge in [-0.05, 0) is 32.6 Å². The highest BCUT2D eigenvalue weighted by Gasteiger charge is 2.39. The Hall–Kier alpha value is -0.570. The summed E-state index contributed by atoms with van der Waals surface area (Å²) in [6.07, 6.45) is 1.06. The molecule has 100 valence electrons. The van der Waals surface area contributed by atoms with Crippen LogP contribution in [0.4, 0.5) is 0 Å². The predicted molar refractivity (Wildman–Crippen MR) is 72.0 cm³/mol. The van der Waals surface area contributed by atoms with Gasteiger partial charge in [0.1, 0.15) is 0 Å². The van der Waals surface area contributed by atoms with Crippen LogP contribution in [0.1, 0.15) is 48.0 Å². The molecule has 0 bridgehead atoms. The standard InChI is InChI=1S/C14H28N2O/c1-13(2,3)11-8-9-15(7)12(17)10-16(11)14(4,5)6/h11H,8-10H2,1-7H3. The van der Waals surface area contributed by atoms with Crippen LogP contribution in [0.2, 0.25) is 0 Å². The minimum atomic E-state index is 0.0405. The molecule has 1 rings (SSSR count). The number of carbonyl (C=O) groups excluding carboxylic acids is 1. The molecule has 0 saturated carbocycles. The van der Waals surface area contributed by atoms with Gasteiger partial charge in [-0.1, -0.05) is 20.8 Å². The third-order valence-corrected chi connectivity index (χ3v) is 3.71. The summed E-state index contributed by atoms with van der Waals surface area (Å²) in [4.78, 5) is 16.3. The van der Waals surface area contributed by atoms with E-state index in [0.717, 1.165) is 13.0 Å². The number of rotatable bonds is 0. The molecule has 0 N–H and O–H groups in total. The molecule has 0 aromatic heterocycles. The van der Waals surface area contributed by atoms with Crippen LogP contribution in [0.15, 0.2) is 0 Å². The molecule has 1 unspecified atom stereocenters. The van der Waals surface area contributed by atoms with Crippen molar-refractivity contribution in [3.63, 3.8) is 0 Å². The van der Waals surface area contributed by atoms with Crippen LogP contribution in [0.25, 0.3) is 0 Å². The van der Waals surface area contributed by atoms with Crippen LogP contribution >= 0.6 is 0 Å². The number of nitrogens with zero attached hydrogens (tertiary/aromatic N) is 2. The second kappa shape index (κ2) is 4.60. The normalized spacial score (nSPS) is 25.0. The molecule has 1 atom stereocenters. The first-order chi connectivity index (χ1) is 7.53. The molecule has 1 fully saturated rings. The molecule has 17 heavy (non-hydrogen) atoms. The third kappa shape index (κ3) is 3.44. The highest BCUT2D eigenvalue weighted by atomic mass is 16.2. The van der Waals surface area contributed by atoms with Gasteiger partial charge in [-0.2, -0.15) is 0 Å². The Kier molecular flexibility index (Phi) is 3.92. The Labute approximate surface area is 106 Å². The summed E-state index contributed by atoms with van der Waals surface area (Å²) < 4.78 is 0. The fraction of sp³-hybridized carbons (Fsp3) is 0.929. The molecule has 0 radical (unpaired) electrons. The van der Waals surface area contributed by atoms with Gasteiger partial charge in [-0.3, -0.25) is 9.69 Å². The first-order valence-electron chi connectivity index (χ1n) is 6.54. The van der Waals surface area contributed by atoms with Crippen molar-refractivity contribution in [2.45, 2.75) is 59.5 Å². The largest absolute Gasteiger partial charge is 0.345 e. The average Bonchev–Trinajstić information content (AvgIpc) is 2.25. The molecule has 0 aliphatic carbocycles. The Balaban J connectivity index is 3.03. The van der Waals surface area contributed by atoms with E-state index < -0.39 is 0 Å². The van der Waals surface area contributed by atoms with Gasteiger partial charge in [0, 0.05) is 25.2 Å². The zero-order valence-electron chi connectivity index (χ0n) is 12.5. The van der Waals surface area contributed by atoms with Gasteiger partial charge in [0.05, 0.1) is 6.54 Å². The predicted octanol–water partition coefficient (Wildman–Crippen LogP) is 2.36. The van der Waals surface area contributed by atoms with E-state index in [2.05, 4.69) is 46.4 Å². The monoisotopic (exact) mass is 240 g/mol. The van der Waals surface area contributed by atoms with Crippen molar-refractivity contribution in [3.05, 3.63) is 0 Å². The van der Waals surface area contributed by atoms with Crippen LogP contribution in [-0.4, -0.2) is 47.4 Å². The summed E-state index contributed by atoms with van der Waals surface area (Å²) in [5, 5.41) is 0. The minimum absolute atomic E-state index is 0.0405. The van der Waals surface area contributed by atoms with Crippen molar-refractivity contribution < 1.29 is 4.79 Å². The van der Waals surface area contributed by atoms with Crippen LogP contribution in [0, 0.1) is 5.41 Å². The van der Waals surface area contributed by atoms with Crippen molar-refractivity contribution in [1.29, 1.82) is 0 Å². The fourth-order valence-electron chi connectivity index (χ4n) is 2.58. The van der Waals surface area contributed by atoms with E-state index in [1.807, 2.05) is 11.9 Å². The SMILES string of the molecule is CN1CCC(C(C)(C)C)N(C(C)(C)C)CC1=O. The van der Waals surface area contributed by atoms with E-state index in [0.29, 0.717) is 12.6 Å². The van der Waals surface area contributed by atoms with E-state index >= 15 is 0 Å².